The molecular formula is C13H10F3NO2S. The summed E-state index contributed by atoms with van der Waals surface area (Å²) in [5.41, 5.74) is -0.133. The topological polar surface area (TPSA) is 53.1 Å². The van der Waals surface area contributed by atoms with Crippen molar-refractivity contribution in [3.05, 3.63) is 47.7 Å². The Labute approximate surface area is 116 Å². The van der Waals surface area contributed by atoms with E-state index in [1.807, 2.05) is 0 Å². The molecule has 1 aromatic heterocycles. The Kier molecular flexibility index (Phi) is 4.08. The Hall–Kier alpha value is -1.89. The van der Waals surface area contributed by atoms with E-state index in [0.29, 0.717) is 15.5 Å². The molecule has 0 unspecified atom stereocenters. The SMILES string of the molecule is O=C(O)Cc1c[nH]c(Sc2cccc(C(F)(F)F)c2)c1. The minimum Gasteiger partial charge on any atom is -0.481 e. The third-order valence-electron chi connectivity index (χ3n) is 2.46. The van der Waals surface area contributed by atoms with Crippen LogP contribution in [0.2, 0.25) is 0 Å². The fourth-order valence-corrected chi connectivity index (χ4v) is 2.53. The Morgan fingerprint density at radius 1 is 1.30 bits per heavy atom. The molecule has 20 heavy (non-hydrogen) atoms. The number of rotatable bonds is 4. The number of carboxylic acids is 1. The number of halogens is 3. The number of hydrogen-bond donors (Lipinski definition) is 2. The second kappa shape index (κ2) is 5.62. The van der Waals surface area contributed by atoms with Crippen LogP contribution < -0.4 is 0 Å². The van der Waals surface area contributed by atoms with Crippen molar-refractivity contribution >= 4 is 17.7 Å². The molecule has 0 radical (unpaired) electrons. The van der Waals surface area contributed by atoms with Gasteiger partial charge in [0.2, 0.25) is 0 Å². The molecule has 0 saturated carbocycles. The second-order valence-corrected chi connectivity index (χ2v) is 5.19. The minimum atomic E-state index is -4.37. The molecular weight excluding hydrogens is 291 g/mol. The summed E-state index contributed by atoms with van der Waals surface area (Å²) in [6, 6.07) is 6.58. The molecule has 0 aliphatic heterocycles. The molecule has 106 valence electrons. The summed E-state index contributed by atoms with van der Waals surface area (Å²) in [5.74, 6) is -0.959. The summed E-state index contributed by atoms with van der Waals surface area (Å²) in [7, 11) is 0. The van der Waals surface area contributed by atoms with Crippen LogP contribution in [-0.2, 0) is 17.4 Å². The first kappa shape index (κ1) is 14.5. The monoisotopic (exact) mass is 301 g/mol. The highest BCUT2D eigenvalue weighted by molar-refractivity contribution is 7.99. The highest BCUT2D eigenvalue weighted by atomic mass is 32.2. The van der Waals surface area contributed by atoms with E-state index in [0.717, 1.165) is 23.9 Å². The van der Waals surface area contributed by atoms with E-state index in [2.05, 4.69) is 4.98 Å². The first-order valence-electron chi connectivity index (χ1n) is 5.59. The summed E-state index contributed by atoms with van der Waals surface area (Å²) < 4.78 is 37.7. The van der Waals surface area contributed by atoms with Gasteiger partial charge in [-0.3, -0.25) is 4.79 Å². The lowest BCUT2D eigenvalue weighted by molar-refractivity contribution is -0.138. The quantitative estimate of drug-likeness (QED) is 0.903. The standard InChI is InChI=1S/C13H10F3NO2S/c14-13(15,16)9-2-1-3-10(6-9)20-11-4-8(7-17-11)5-12(18)19/h1-4,6-7,17H,5H2,(H,18,19). The summed E-state index contributed by atoms with van der Waals surface area (Å²) in [6.45, 7) is 0. The average Bonchev–Trinajstić information content (AvgIpc) is 2.75. The zero-order valence-electron chi connectivity index (χ0n) is 10.1. The van der Waals surface area contributed by atoms with Crippen LogP contribution in [0.1, 0.15) is 11.1 Å². The molecule has 0 saturated heterocycles. The number of carboxylic acid groups (broad SMARTS) is 1. The van der Waals surface area contributed by atoms with Gasteiger partial charge in [0.05, 0.1) is 17.0 Å². The third-order valence-corrected chi connectivity index (χ3v) is 3.41. The number of alkyl halides is 3. The molecule has 0 atom stereocenters. The number of aromatic amines is 1. The fraction of sp³-hybridized carbons (Fsp3) is 0.154. The maximum atomic E-state index is 12.6. The van der Waals surface area contributed by atoms with Crippen molar-refractivity contribution in [1.82, 2.24) is 4.98 Å². The summed E-state index contributed by atoms with van der Waals surface area (Å²) in [5, 5.41) is 9.24. The Morgan fingerprint density at radius 2 is 2.05 bits per heavy atom. The molecule has 0 spiro atoms. The molecule has 0 aliphatic rings. The van der Waals surface area contributed by atoms with E-state index in [9.17, 15) is 18.0 Å². The van der Waals surface area contributed by atoms with Crippen molar-refractivity contribution in [1.29, 1.82) is 0 Å². The molecule has 1 aromatic carbocycles. The van der Waals surface area contributed by atoms with Gasteiger partial charge in [0, 0.05) is 11.1 Å². The van der Waals surface area contributed by atoms with Gasteiger partial charge >= 0.3 is 12.1 Å². The Morgan fingerprint density at radius 3 is 2.70 bits per heavy atom. The smallest absolute Gasteiger partial charge is 0.416 e. The largest absolute Gasteiger partial charge is 0.481 e. The minimum absolute atomic E-state index is 0.125. The first-order valence-corrected chi connectivity index (χ1v) is 6.40. The van der Waals surface area contributed by atoms with E-state index >= 15 is 0 Å². The van der Waals surface area contributed by atoms with Crippen molar-refractivity contribution in [3.8, 4) is 0 Å². The highest BCUT2D eigenvalue weighted by Gasteiger charge is 2.30. The number of aromatic nitrogens is 1. The predicted molar refractivity (Wildman–Crippen MR) is 67.7 cm³/mol. The molecule has 0 amide bonds. The van der Waals surface area contributed by atoms with E-state index in [1.54, 1.807) is 12.1 Å². The van der Waals surface area contributed by atoms with Crippen LogP contribution in [0.5, 0.6) is 0 Å². The van der Waals surface area contributed by atoms with E-state index in [4.69, 9.17) is 5.11 Å². The average molecular weight is 301 g/mol. The third kappa shape index (κ3) is 3.80. The van der Waals surface area contributed by atoms with Crippen molar-refractivity contribution < 1.29 is 23.1 Å². The molecule has 2 aromatic rings. The van der Waals surface area contributed by atoms with Gasteiger partial charge in [-0.2, -0.15) is 13.2 Å². The van der Waals surface area contributed by atoms with Crippen molar-refractivity contribution in [2.24, 2.45) is 0 Å². The molecule has 2 N–H and O–H groups in total. The number of nitrogens with one attached hydrogen (secondary N) is 1. The second-order valence-electron chi connectivity index (χ2n) is 4.07. The van der Waals surface area contributed by atoms with Gasteiger partial charge in [0.25, 0.3) is 0 Å². The predicted octanol–water partition coefficient (Wildman–Crippen LogP) is 3.81. The van der Waals surface area contributed by atoms with Crippen LogP contribution >= 0.6 is 11.8 Å². The van der Waals surface area contributed by atoms with Crippen LogP contribution in [0.15, 0.2) is 46.5 Å². The highest BCUT2D eigenvalue weighted by Crippen LogP contribution is 2.34. The normalized spacial score (nSPS) is 11.6. The van der Waals surface area contributed by atoms with Crippen molar-refractivity contribution in [3.63, 3.8) is 0 Å². The van der Waals surface area contributed by atoms with Crippen LogP contribution in [0, 0.1) is 0 Å². The number of carbonyl (C=O) groups is 1. The van der Waals surface area contributed by atoms with Gasteiger partial charge in [-0.25, -0.2) is 0 Å². The van der Waals surface area contributed by atoms with Gasteiger partial charge in [-0.1, -0.05) is 17.8 Å². The van der Waals surface area contributed by atoms with Gasteiger partial charge in [0.1, 0.15) is 0 Å². The van der Waals surface area contributed by atoms with E-state index in [1.165, 1.54) is 12.3 Å². The van der Waals surface area contributed by atoms with E-state index < -0.39 is 17.7 Å². The molecule has 0 aliphatic carbocycles. The maximum absolute atomic E-state index is 12.6. The van der Waals surface area contributed by atoms with Crippen molar-refractivity contribution in [2.45, 2.75) is 22.5 Å². The maximum Gasteiger partial charge on any atom is 0.416 e. The first-order chi connectivity index (χ1) is 9.34. The molecule has 0 bridgehead atoms. The Bertz CT molecular complexity index is 622. The molecule has 3 nitrogen and oxygen atoms in total. The molecule has 2 rings (SSSR count). The zero-order chi connectivity index (χ0) is 14.8. The van der Waals surface area contributed by atoms with Gasteiger partial charge in [-0.15, -0.1) is 0 Å². The van der Waals surface area contributed by atoms with Crippen LogP contribution in [0.4, 0.5) is 13.2 Å². The van der Waals surface area contributed by atoms with Crippen LogP contribution in [-0.4, -0.2) is 16.1 Å². The Balaban J connectivity index is 2.14. The van der Waals surface area contributed by atoms with E-state index in [-0.39, 0.29) is 6.42 Å². The van der Waals surface area contributed by atoms with Gasteiger partial charge in [0.15, 0.2) is 0 Å². The molecule has 1 heterocycles. The molecule has 7 heteroatoms. The van der Waals surface area contributed by atoms with Gasteiger partial charge in [-0.05, 0) is 29.8 Å². The lowest BCUT2D eigenvalue weighted by atomic mass is 10.2. The zero-order valence-corrected chi connectivity index (χ0v) is 10.9. The number of aliphatic carboxylic acids is 1. The summed E-state index contributed by atoms with van der Waals surface area (Å²) >= 11 is 1.12. The lowest BCUT2D eigenvalue weighted by Gasteiger charge is -2.07. The van der Waals surface area contributed by atoms with Gasteiger partial charge < -0.3 is 10.1 Å². The van der Waals surface area contributed by atoms with Crippen LogP contribution in [0.25, 0.3) is 0 Å². The molecule has 0 fully saturated rings. The number of hydrogen-bond acceptors (Lipinski definition) is 2. The van der Waals surface area contributed by atoms with Crippen LogP contribution in [0.3, 0.4) is 0 Å². The van der Waals surface area contributed by atoms with Crippen molar-refractivity contribution in [2.75, 3.05) is 0 Å². The fourth-order valence-electron chi connectivity index (χ4n) is 1.61. The lowest BCUT2D eigenvalue weighted by Crippen LogP contribution is -2.04. The summed E-state index contributed by atoms with van der Waals surface area (Å²) in [6.07, 6.45) is -2.97. The number of H-pyrrole nitrogens is 1. The summed E-state index contributed by atoms with van der Waals surface area (Å²) in [4.78, 5) is 13.8. The number of benzene rings is 1.